The average Bonchev–Trinajstić information content (AvgIpc) is 3.24. The van der Waals surface area contributed by atoms with Crippen LogP contribution >= 0.6 is 0 Å². The van der Waals surface area contributed by atoms with E-state index >= 15 is 0 Å². The van der Waals surface area contributed by atoms with Gasteiger partial charge in [-0.25, -0.2) is 0 Å². The number of anilines is 1. The minimum Gasteiger partial charge on any atom is -0.391 e. The van der Waals surface area contributed by atoms with Crippen molar-refractivity contribution in [1.82, 2.24) is 4.90 Å². The predicted molar refractivity (Wildman–Crippen MR) is 81.5 cm³/mol. The number of piperidine rings is 1. The minimum absolute atomic E-state index is 0.0912. The molecule has 5 nitrogen and oxygen atoms in total. The summed E-state index contributed by atoms with van der Waals surface area (Å²) in [7, 11) is 0. The van der Waals surface area contributed by atoms with Gasteiger partial charge in [0.25, 0.3) is 0 Å². The molecule has 2 fully saturated rings. The number of benzene rings is 1. The number of hydrogen-bond acceptors (Lipinski definition) is 3. The zero-order valence-corrected chi connectivity index (χ0v) is 12.5. The van der Waals surface area contributed by atoms with Crippen LogP contribution in [0.1, 0.15) is 31.2 Å². The summed E-state index contributed by atoms with van der Waals surface area (Å²) >= 11 is 0. The van der Waals surface area contributed by atoms with E-state index in [9.17, 15) is 14.7 Å². The monoisotopic (exact) mass is 300 g/mol. The molecule has 1 saturated heterocycles. The summed E-state index contributed by atoms with van der Waals surface area (Å²) in [4.78, 5) is 28.3. The second-order valence-electron chi connectivity index (χ2n) is 6.74. The number of aliphatic hydroxyl groups excluding tert-OH is 1. The predicted octanol–water partition coefficient (Wildman–Crippen LogP) is 1.05. The van der Waals surface area contributed by atoms with E-state index in [1.165, 1.54) is 10.5 Å². The Labute approximate surface area is 129 Å². The Balaban J connectivity index is 1.57. The molecule has 1 spiro atoms. The van der Waals surface area contributed by atoms with E-state index in [4.69, 9.17) is 0 Å². The van der Waals surface area contributed by atoms with Gasteiger partial charge in [0.05, 0.1) is 6.10 Å². The molecule has 1 aliphatic carbocycles. The van der Waals surface area contributed by atoms with Crippen molar-refractivity contribution in [1.29, 1.82) is 0 Å². The summed E-state index contributed by atoms with van der Waals surface area (Å²) in [5.41, 5.74) is 2.18. The Bertz CT molecular complexity index is 639. The fourth-order valence-corrected chi connectivity index (χ4v) is 3.78. The number of carbonyl (C=O) groups excluding carboxylic acids is 2. The van der Waals surface area contributed by atoms with Gasteiger partial charge in [0, 0.05) is 30.7 Å². The van der Waals surface area contributed by atoms with Crippen LogP contribution in [0.3, 0.4) is 0 Å². The topological polar surface area (TPSA) is 60.9 Å². The van der Waals surface area contributed by atoms with Crippen LogP contribution in [0.25, 0.3) is 0 Å². The molecule has 3 aliphatic rings. The highest BCUT2D eigenvalue weighted by Gasteiger charge is 2.53. The average molecular weight is 300 g/mol. The SMILES string of the molecule is O=C(C(=O)N1CC2(CC2)c2ccccc21)N1CCCC(O)C1. The second-order valence-corrected chi connectivity index (χ2v) is 6.74. The first-order chi connectivity index (χ1) is 10.6. The molecule has 0 radical (unpaired) electrons. The van der Waals surface area contributed by atoms with Gasteiger partial charge in [0.15, 0.2) is 0 Å². The van der Waals surface area contributed by atoms with E-state index in [0.29, 0.717) is 19.5 Å². The minimum atomic E-state index is -0.508. The van der Waals surface area contributed by atoms with Crippen LogP contribution in [0.4, 0.5) is 5.69 Å². The molecule has 4 rings (SSSR count). The van der Waals surface area contributed by atoms with Crippen LogP contribution in [0, 0.1) is 0 Å². The number of fused-ring (bicyclic) bond motifs is 2. The fourth-order valence-electron chi connectivity index (χ4n) is 3.78. The quantitative estimate of drug-likeness (QED) is 0.729. The van der Waals surface area contributed by atoms with Gasteiger partial charge in [-0.1, -0.05) is 18.2 Å². The van der Waals surface area contributed by atoms with Crippen molar-refractivity contribution in [3.05, 3.63) is 29.8 Å². The molecule has 116 valence electrons. The van der Waals surface area contributed by atoms with Gasteiger partial charge in [-0.15, -0.1) is 0 Å². The Morgan fingerprint density at radius 2 is 1.95 bits per heavy atom. The maximum absolute atomic E-state index is 12.7. The van der Waals surface area contributed by atoms with Crippen LogP contribution in [0.2, 0.25) is 0 Å². The number of rotatable bonds is 0. The van der Waals surface area contributed by atoms with Gasteiger partial charge in [0.1, 0.15) is 0 Å². The van der Waals surface area contributed by atoms with E-state index in [1.54, 1.807) is 4.90 Å². The lowest BCUT2D eigenvalue weighted by Crippen LogP contribution is -2.50. The van der Waals surface area contributed by atoms with Gasteiger partial charge in [-0.3, -0.25) is 9.59 Å². The van der Waals surface area contributed by atoms with Crippen molar-refractivity contribution in [3.63, 3.8) is 0 Å². The van der Waals surface area contributed by atoms with Crippen molar-refractivity contribution in [2.45, 2.75) is 37.2 Å². The molecule has 1 aromatic carbocycles. The number of aliphatic hydroxyl groups is 1. The summed E-state index contributed by atoms with van der Waals surface area (Å²) in [5.74, 6) is -0.934. The lowest BCUT2D eigenvalue weighted by atomic mass is 9.99. The molecule has 1 saturated carbocycles. The molecule has 1 unspecified atom stereocenters. The molecular formula is C17H20N2O3. The molecule has 1 N–H and O–H groups in total. The second kappa shape index (κ2) is 4.81. The largest absolute Gasteiger partial charge is 0.391 e. The number of nitrogens with zero attached hydrogens (tertiary/aromatic N) is 2. The van der Waals surface area contributed by atoms with Gasteiger partial charge in [0.2, 0.25) is 0 Å². The standard InChI is InChI=1S/C17H20N2O3/c20-12-4-3-9-18(10-12)15(21)16(22)19-11-17(7-8-17)13-5-1-2-6-14(13)19/h1-2,5-6,12,20H,3-4,7-11H2. The van der Waals surface area contributed by atoms with E-state index in [-0.39, 0.29) is 12.0 Å². The zero-order valence-electron chi connectivity index (χ0n) is 12.5. The fraction of sp³-hybridized carbons (Fsp3) is 0.529. The Kier molecular flexibility index (Phi) is 3.01. The molecular weight excluding hydrogens is 280 g/mol. The van der Waals surface area contributed by atoms with Gasteiger partial charge in [-0.2, -0.15) is 0 Å². The number of β-amino-alcohol motifs (C(OH)–C–C–N with tert-alkyl or cyclic N) is 1. The number of carbonyl (C=O) groups is 2. The lowest BCUT2D eigenvalue weighted by Gasteiger charge is -2.30. The maximum atomic E-state index is 12.7. The first-order valence-corrected chi connectivity index (χ1v) is 7.99. The van der Waals surface area contributed by atoms with Gasteiger partial charge in [-0.05, 0) is 37.3 Å². The highest BCUT2D eigenvalue weighted by Crippen LogP contribution is 2.56. The van der Waals surface area contributed by atoms with Crippen LogP contribution in [-0.2, 0) is 15.0 Å². The molecule has 0 bridgehead atoms. The van der Waals surface area contributed by atoms with E-state index < -0.39 is 17.9 Å². The lowest BCUT2D eigenvalue weighted by molar-refractivity contribution is -0.146. The van der Waals surface area contributed by atoms with Crippen LogP contribution in [-0.4, -0.2) is 47.6 Å². The van der Waals surface area contributed by atoms with Crippen LogP contribution < -0.4 is 4.90 Å². The van der Waals surface area contributed by atoms with Crippen molar-refractivity contribution >= 4 is 17.5 Å². The third-order valence-electron chi connectivity index (χ3n) is 5.19. The normalized spacial score (nSPS) is 25.2. The summed E-state index contributed by atoms with van der Waals surface area (Å²) in [6.45, 7) is 1.45. The first kappa shape index (κ1) is 13.8. The third-order valence-corrected chi connectivity index (χ3v) is 5.19. The Hall–Kier alpha value is -1.88. The number of amides is 2. The van der Waals surface area contributed by atoms with Crippen LogP contribution in [0.15, 0.2) is 24.3 Å². The molecule has 0 aromatic heterocycles. The summed E-state index contributed by atoms with van der Waals surface area (Å²) in [6, 6.07) is 7.91. The van der Waals surface area contributed by atoms with E-state index in [1.807, 2.05) is 18.2 Å². The zero-order chi connectivity index (χ0) is 15.3. The molecule has 2 aliphatic heterocycles. The summed E-state index contributed by atoms with van der Waals surface area (Å²) in [5, 5.41) is 9.71. The van der Waals surface area contributed by atoms with Crippen molar-refractivity contribution in [3.8, 4) is 0 Å². The molecule has 2 amide bonds. The molecule has 5 heteroatoms. The van der Waals surface area contributed by atoms with Crippen molar-refractivity contribution < 1.29 is 14.7 Å². The maximum Gasteiger partial charge on any atom is 0.316 e. The molecule has 1 aromatic rings. The number of likely N-dealkylation sites (tertiary alicyclic amines) is 1. The summed E-state index contributed by atoms with van der Waals surface area (Å²) < 4.78 is 0. The molecule has 1 atom stereocenters. The first-order valence-electron chi connectivity index (χ1n) is 7.99. The Morgan fingerprint density at radius 3 is 2.68 bits per heavy atom. The van der Waals surface area contributed by atoms with E-state index in [2.05, 4.69) is 6.07 Å². The molecule has 2 heterocycles. The highest BCUT2D eigenvalue weighted by atomic mass is 16.3. The third kappa shape index (κ3) is 2.03. The van der Waals surface area contributed by atoms with Gasteiger partial charge < -0.3 is 14.9 Å². The van der Waals surface area contributed by atoms with Crippen molar-refractivity contribution in [2.24, 2.45) is 0 Å². The van der Waals surface area contributed by atoms with Gasteiger partial charge >= 0.3 is 11.8 Å². The number of para-hydroxylation sites is 1. The Morgan fingerprint density at radius 1 is 1.18 bits per heavy atom. The highest BCUT2D eigenvalue weighted by molar-refractivity contribution is 6.40. The van der Waals surface area contributed by atoms with Crippen LogP contribution in [0.5, 0.6) is 0 Å². The molecule has 22 heavy (non-hydrogen) atoms. The number of hydrogen-bond donors (Lipinski definition) is 1. The smallest absolute Gasteiger partial charge is 0.316 e. The van der Waals surface area contributed by atoms with E-state index in [0.717, 1.165) is 24.9 Å². The van der Waals surface area contributed by atoms with Crippen molar-refractivity contribution in [2.75, 3.05) is 24.5 Å². The summed E-state index contributed by atoms with van der Waals surface area (Å²) in [6.07, 6.45) is 3.12.